The normalized spacial score (nSPS) is 12.1. The summed E-state index contributed by atoms with van der Waals surface area (Å²) < 4.78 is 13.7. The predicted molar refractivity (Wildman–Crippen MR) is 80.1 cm³/mol. The van der Waals surface area contributed by atoms with Crippen LogP contribution in [0.2, 0.25) is 5.02 Å². The van der Waals surface area contributed by atoms with Crippen molar-refractivity contribution in [3.63, 3.8) is 0 Å². The van der Waals surface area contributed by atoms with E-state index >= 15 is 0 Å². The lowest BCUT2D eigenvalue weighted by atomic mass is 10.1. The average Bonchev–Trinajstić information content (AvgIpc) is 2.46. The van der Waals surface area contributed by atoms with E-state index in [4.69, 9.17) is 16.7 Å². The molecule has 3 nitrogen and oxygen atoms in total. The van der Waals surface area contributed by atoms with Crippen LogP contribution in [-0.4, -0.2) is 11.1 Å². The van der Waals surface area contributed by atoms with E-state index in [2.05, 4.69) is 5.32 Å². The number of hydrogen-bond donors (Lipinski definition) is 2. The van der Waals surface area contributed by atoms with Gasteiger partial charge >= 0.3 is 5.97 Å². The molecule has 0 amide bonds. The fraction of sp³-hybridized carbons (Fsp3) is 0.188. The van der Waals surface area contributed by atoms with Gasteiger partial charge in [0.2, 0.25) is 0 Å². The van der Waals surface area contributed by atoms with Gasteiger partial charge in [0.15, 0.2) is 0 Å². The van der Waals surface area contributed by atoms with Gasteiger partial charge in [-0.05, 0) is 42.8 Å². The number of hydrogen-bond acceptors (Lipinski definition) is 2. The van der Waals surface area contributed by atoms with Crippen molar-refractivity contribution in [2.45, 2.75) is 19.5 Å². The maximum Gasteiger partial charge on any atom is 0.335 e. The maximum absolute atomic E-state index is 13.7. The fourth-order valence-electron chi connectivity index (χ4n) is 1.98. The summed E-state index contributed by atoms with van der Waals surface area (Å²) in [7, 11) is 0. The van der Waals surface area contributed by atoms with Crippen molar-refractivity contribution in [2.75, 3.05) is 0 Å². The van der Waals surface area contributed by atoms with Crippen LogP contribution < -0.4 is 5.32 Å². The first kappa shape index (κ1) is 15.5. The second kappa shape index (κ2) is 6.70. The highest BCUT2D eigenvalue weighted by atomic mass is 35.5. The lowest BCUT2D eigenvalue weighted by Crippen LogP contribution is -2.19. The highest BCUT2D eigenvalue weighted by molar-refractivity contribution is 6.30. The number of aromatic carboxylic acids is 1. The van der Waals surface area contributed by atoms with Crippen LogP contribution in [-0.2, 0) is 6.54 Å². The average molecular weight is 308 g/mol. The number of carboxylic acids is 1. The molecule has 0 aliphatic carbocycles. The third-order valence-corrected chi connectivity index (χ3v) is 3.51. The van der Waals surface area contributed by atoms with Crippen molar-refractivity contribution < 1.29 is 14.3 Å². The molecule has 1 atom stereocenters. The smallest absolute Gasteiger partial charge is 0.335 e. The molecule has 0 bridgehead atoms. The van der Waals surface area contributed by atoms with Crippen LogP contribution in [0.5, 0.6) is 0 Å². The highest BCUT2D eigenvalue weighted by Gasteiger charge is 2.10. The first-order chi connectivity index (χ1) is 9.97. The molecule has 0 aliphatic heterocycles. The molecule has 110 valence electrons. The van der Waals surface area contributed by atoms with E-state index in [-0.39, 0.29) is 18.2 Å². The van der Waals surface area contributed by atoms with Gasteiger partial charge in [-0.15, -0.1) is 0 Å². The fourth-order valence-corrected chi connectivity index (χ4v) is 2.10. The van der Waals surface area contributed by atoms with Crippen LogP contribution in [0.25, 0.3) is 0 Å². The second-order valence-corrected chi connectivity index (χ2v) is 5.20. The van der Waals surface area contributed by atoms with Crippen LogP contribution in [0, 0.1) is 5.82 Å². The predicted octanol–water partition coefficient (Wildman–Crippen LogP) is 4.03. The monoisotopic (exact) mass is 307 g/mol. The van der Waals surface area contributed by atoms with E-state index in [0.29, 0.717) is 10.6 Å². The van der Waals surface area contributed by atoms with E-state index in [1.54, 1.807) is 12.1 Å². The molecule has 0 radical (unpaired) electrons. The Balaban J connectivity index is 2.07. The minimum Gasteiger partial charge on any atom is -0.478 e. The molecule has 0 spiro atoms. The van der Waals surface area contributed by atoms with Crippen molar-refractivity contribution in [1.82, 2.24) is 5.32 Å². The standard InChI is InChI=1S/C16H15ClFNO2/c1-10(11-2-5-14(17)6-3-11)19-9-13-8-12(16(20)21)4-7-15(13)18/h2-8,10,19H,9H2,1H3,(H,20,21). The van der Waals surface area contributed by atoms with Gasteiger partial charge in [-0.1, -0.05) is 23.7 Å². The molecule has 2 aromatic rings. The second-order valence-electron chi connectivity index (χ2n) is 4.77. The van der Waals surface area contributed by atoms with Gasteiger partial charge in [0.05, 0.1) is 5.56 Å². The lowest BCUT2D eigenvalue weighted by Gasteiger charge is -2.15. The van der Waals surface area contributed by atoms with Crippen LogP contribution in [0.1, 0.15) is 34.5 Å². The molecule has 0 aliphatic rings. The molecule has 2 rings (SSSR count). The number of carbonyl (C=O) groups is 1. The van der Waals surface area contributed by atoms with Gasteiger partial charge in [0, 0.05) is 23.2 Å². The van der Waals surface area contributed by atoms with Crippen LogP contribution in [0.4, 0.5) is 4.39 Å². The van der Waals surface area contributed by atoms with Crippen LogP contribution >= 0.6 is 11.6 Å². The number of halogens is 2. The van der Waals surface area contributed by atoms with E-state index < -0.39 is 11.8 Å². The first-order valence-corrected chi connectivity index (χ1v) is 6.85. The van der Waals surface area contributed by atoms with Crippen molar-refractivity contribution in [3.8, 4) is 0 Å². The molecule has 0 fully saturated rings. The molecule has 0 saturated heterocycles. The van der Waals surface area contributed by atoms with E-state index in [0.717, 1.165) is 5.56 Å². The van der Waals surface area contributed by atoms with Gasteiger partial charge in [-0.3, -0.25) is 0 Å². The molecule has 2 N–H and O–H groups in total. The molecule has 5 heteroatoms. The Kier molecular flexibility index (Phi) is 4.94. The summed E-state index contributed by atoms with van der Waals surface area (Å²) in [6.45, 7) is 2.19. The highest BCUT2D eigenvalue weighted by Crippen LogP contribution is 2.17. The SMILES string of the molecule is CC(NCc1cc(C(=O)O)ccc1F)c1ccc(Cl)cc1. The Bertz CT molecular complexity index is 643. The first-order valence-electron chi connectivity index (χ1n) is 6.48. The van der Waals surface area contributed by atoms with E-state index in [1.165, 1.54) is 18.2 Å². The topological polar surface area (TPSA) is 49.3 Å². The maximum atomic E-state index is 13.7. The number of benzene rings is 2. The third-order valence-electron chi connectivity index (χ3n) is 3.26. The molecule has 0 saturated carbocycles. The van der Waals surface area contributed by atoms with Gasteiger partial charge < -0.3 is 10.4 Å². The summed E-state index contributed by atoms with van der Waals surface area (Å²) in [6.07, 6.45) is 0. The number of carboxylic acid groups (broad SMARTS) is 1. The van der Waals surface area contributed by atoms with Crippen molar-refractivity contribution in [2.24, 2.45) is 0 Å². The van der Waals surface area contributed by atoms with Crippen molar-refractivity contribution >= 4 is 17.6 Å². The minimum absolute atomic E-state index is 0.00449. The molecule has 21 heavy (non-hydrogen) atoms. The Morgan fingerprint density at radius 2 is 1.95 bits per heavy atom. The molecule has 2 aromatic carbocycles. The summed E-state index contributed by atoms with van der Waals surface area (Å²) in [5.41, 5.74) is 1.43. The summed E-state index contributed by atoms with van der Waals surface area (Å²) >= 11 is 5.83. The third kappa shape index (κ3) is 4.03. The van der Waals surface area contributed by atoms with Crippen molar-refractivity contribution in [1.29, 1.82) is 0 Å². The zero-order valence-corrected chi connectivity index (χ0v) is 12.2. The minimum atomic E-state index is -1.07. The zero-order valence-electron chi connectivity index (χ0n) is 11.4. The molecule has 1 unspecified atom stereocenters. The quantitative estimate of drug-likeness (QED) is 0.877. The Morgan fingerprint density at radius 3 is 2.57 bits per heavy atom. The van der Waals surface area contributed by atoms with Crippen molar-refractivity contribution in [3.05, 3.63) is 70.0 Å². The number of rotatable bonds is 5. The van der Waals surface area contributed by atoms with Gasteiger partial charge in [-0.25, -0.2) is 9.18 Å². The largest absolute Gasteiger partial charge is 0.478 e. The Labute approximate surface area is 127 Å². The summed E-state index contributed by atoms with van der Waals surface area (Å²) in [5.74, 6) is -1.49. The Hall–Kier alpha value is -1.91. The van der Waals surface area contributed by atoms with E-state index in [1.807, 2.05) is 19.1 Å². The van der Waals surface area contributed by atoms with Gasteiger partial charge in [0.25, 0.3) is 0 Å². The lowest BCUT2D eigenvalue weighted by molar-refractivity contribution is 0.0696. The molecule has 0 aromatic heterocycles. The van der Waals surface area contributed by atoms with Crippen LogP contribution in [0.15, 0.2) is 42.5 Å². The summed E-state index contributed by atoms with van der Waals surface area (Å²) in [4.78, 5) is 10.9. The number of nitrogens with one attached hydrogen (secondary N) is 1. The summed E-state index contributed by atoms with van der Waals surface area (Å²) in [5, 5.41) is 12.8. The van der Waals surface area contributed by atoms with Gasteiger partial charge in [-0.2, -0.15) is 0 Å². The summed E-state index contributed by atoms with van der Waals surface area (Å²) in [6, 6.07) is 11.1. The van der Waals surface area contributed by atoms with E-state index in [9.17, 15) is 9.18 Å². The zero-order chi connectivity index (χ0) is 15.4. The Morgan fingerprint density at radius 1 is 1.29 bits per heavy atom. The molecular formula is C16H15ClFNO2. The molecular weight excluding hydrogens is 293 g/mol. The molecule has 0 heterocycles. The van der Waals surface area contributed by atoms with Crippen LogP contribution in [0.3, 0.4) is 0 Å². The van der Waals surface area contributed by atoms with Gasteiger partial charge in [0.1, 0.15) is 5.82 Å².